The molecule has 1 fully saturated rings. The molecule has 2 nitrogen and oxygen atoms in total. The third-order valence-electron chi connectivity index (χ3n) is 4.60. The van der Waals surface area contributed by atoms with Crippen LogP contribution in [0.1, 0.15) is 37.3 Å². The van der Waals surface area contributed by atoms with Crippen molar-refractivity contribution in [2.24, 2.45) is 0 Å². The molecule has 1 aliphatic heterocycles. The molecule has 1 saturated heterocycles. The Kier molecular flexibility index (Phi) is 4.19. The van der Waals surface area contributed by atoms with Gasteiger partial charge in [0.05, 0.1) is 0 Å². The van der Waals surface area contributed by atoms with Crippen molar-refractivity contribution in [3.8, 4) is 0 Å². The number of likely N-dealkylation sites (tertiary alicyclic amines) is 1. The summed E-state index contributed by atoms with van der Waals surface area (Å²) in [6, 6.07) is 10.2. The molecule has 2 unspecified atom stereocenters. The first-order valence-corrected chi connectivity index (χ1v) is 7.86. The van der Waals surface area contributed by atoms with Crippen molar-refractivity contribution >= 4 is 0 Å². The van der Waals surface area contributed by atoms with E-state index >= 15 is 0 Å². The van der Waals surface area contributed by atoms with Crippen molar-refractivity contribution in [2.45, 2.75) is 51.1 Å². The Morgan fingerprint density at radius 3 is 2.74 bits per heavy atom. The van der Waals surface area contributed by atoms with Crippen molar-refractivity contribution in [1.29, 1.82) is 0 Å². The summed E-state index contributed by atoms with van der Waals surface area (Å²) in [6.07, 6.45) is 6.53. The number of nitrogens with zero attached hydrogens (tertiary/aromatic N) is 1. The Bertz CT molecular complexity index is 409. The van der Waals surface area contributed by atoms with Gasteiger partial charge in [0, 0.05) is 18.6 Å². The molecule has 1 aliphatic carbocycles. The molecule has 1 heterocycles. The van der Waals surface area contributed by atoms with Gasteiger partial charge in [-0.05, 0) is 63.2 Å². The number of aryl methyl sites for hydroxylation is 1. The van der Waals surface area contributed by atoms with E-state index < -0.39 is 0 Å². The summed E-state index contributed by atoms with van der Waals surface area (Å²) in [5, 5.41) is 3.84. The molecular weight excluding hydrogens is 232 g/mol. The van der Waals surface area contributed by atoms with Crippen LogP contribution in [0.2, 0.25) is 0 Å². The molecule has 2 aliphatic rings. The highest BCUT2D eigenvalue weighted by Crippen LogP contribution is 2.21. The van der Waals surface area contributed by atoms with Gasteiger partial charge in [0.15, 0.2) is 0 Å². The Balaban J connectivity index is 1.51. The van der Waals surface area contributed by atoms with Gasteiger partial charge in [-0.2, -0.15) is 0 Å². The first-order valence-electron chi connectivity index (χ1n) is 7.86. The molecule has 2 heteroatoms. The lowest BCUT2D eigenvalue weighted by atomic mass is 9.88. The molecule has 2 atom stereocenters. The quantitative estimate of drug-likeness (QED) is 0.893. The second kappa shape index (κ2) is 6.06. The van der Waals surface area contributed by atoms with Crippen LogP contribution in [0, 0.1) is 0 Å². The molecule has 0 bridgehead atoms. The van der Waals surface area contributed by atoms with Crippen LogP contribution >= 0.6 is 0 Å². The summed E-state index contributed by atoms with van der Waals surface area (Å²) in [6.45, 7) is 6.18. The Hall–Kier alpha value is -0.860. The second-order valence-electron chi connectivity index (χ2n) is 6.28. The van der Waals surface area contributed by atoms with Gasteiger partial charge in [0.1, 0.15) is 0 Å². The average Bonchev–Trinajstić information content (AvgIpc) is 2.91. The molecule has 3 rings (SSSR count). The zero-order valence-corrected chi connectivity index (χ0v) is 12.1. The Morgan fingerprint density at radius 2 is 1.95 bits per heavy atom. The van der Waals surface area contributed by atoms with Crippen LogP contribution in [0.5, 0.6) is 0 Å². The molecule has 1 aromatic rings. The summed E-state index contributed by atoms with van der Waals surface area (Å²) in [7, 11) is 0. The monoisotopic (exact) mass is 258 g/mol. The Labute approximate surface area is 117 Å². The minimum atomic E-state index is 0.619. The smallest absolute Gasteiger partial charge is 0.0169 e. The number of benzene rings is 1. The summed E-state index contributed by atoms with van der Waals surface area (Å²) < 4.78 is 0. The predicted octanol–water partition coefficient (Wildman–Crippen LogP) is 2.62. The summed E-state index contributed by atoms with van der Waals surface area (Å²) in [4.78, 5) is 2.61. The van der Waals surface area contributed by atoms with Crippen molar-refractivity contribution in [3.63, 3.8) is 0 Å². The molecule has 0 saturated carbocycles. The van der Waals surface area contributed by atoms with Crippen LogP contribution in [-0.2, 0) is 12.8 Å². The number of hydrogen-bond acceptors (Lipinski definition) is 2. The molecule has 1 N–H and O–H groups in total. The van der Waals surface area contributed by atoms with E-state index in [0.717, 1.165) is 0 Å². The number of fused-ring (bicyclic) bond motifs is 1. The first kappa shape index (κ1) is 13.1. The van der Waals surface area contributed by atoms with Gasteiger partial charge in [-0.15, -0.1) is 0 Å². The number of hydrogen-bond donors (Lipinski definition) is 1. The number of rotatable bonds is 4. The fraction of sp³-hybridized carbons (Fsp3) is 0.647. The molecular formula is C17H26N2. The molecule has 0 amide bonds. The Morgan fingerprint density at radius 1 is 1.21 bits per heavy atom. The fourth-order valence-electron chi connectivity index (χ4n) is 3.65. The minimum absolute atomic E-state index is 0.619. The lowest BCUT2D eigenvalue weighted by molar-refractivity contribution is 0.279. The van der Waals surface area contributed by atoms with E-state index in [9.17, 15) is 0 Å². The van der Waals surface area contributed by atoms with Gasteiger partial charge in [0.2, 0.25) is 0 Å². The van der Waals surface area contributed by atoms with Gasteiger partial charge in [-0.1, -0.05) is 24.3 Å². The van der Waals surface area contributed by atoms with E-state index in [4.69, 9.17) is 0 Å². The second-order valence-corrected chi connectivity index (χ2v) is 6.28. The third-order valence-corrected chi connectivity index (χ3v) is 4.60. The molecule has 0 aromatic heterocycles. The van der Waals surface area contributed by atoms with Crippen LogP contribution in [-0.4, -0.2) is 36.6 Å². The highest BCUT2D eigenvalue weighted by Gasteiger charge is 2.21. The zero-order chi connectivity index (χ0) is 13.1. The van der Waals surface area contributed by atoms with Crippen LogP contribution in [0.15, 0.2) is 24.3 Å². The molecule has 19 heavy (non-hydrogen) atoms. The summed E-state index contributed by atoms with van der Waals surface area (Å²) in [5.41, 5.74) is 3.12. The van der Waals surface area contributed by atoms with E-state index in [1.165, 1.54) is 51.7 Å². The zero-order valence-electron chi connectivity index (χ0n) is 12.1. The van der Waals surface area contributed by atoms with Crippen LogP contribution in [0.3, 0.4) is 0 Å². The van der Waals surface area contributed by atoms with Crippen molar-refractivity contribution in [1.82, 2.24) is 10.2 Å². The van der Waals surface area contributed by atoms with E-state index in [2.05, 4.69) is 41.4 Å². The highest BCUT2D eigenvalue weighted by atomic mass is 15.2. The van der Waals surface area contributed by atoms with Gasteiger partial charge >= 0.3 is 0 Å². The standard InChI is InChI=1S/C17H26N2/c1-14(13-19-10-4-5-11-19)18-17-9-8-15-6-2-3-7-16(15)12-17/h2-3,6-7,14,17-18H,4-5,8-13H2,1H3. The van der Waals surface area contributed by atoms with Crippen molar-refractivity contribution < 1.29 is 0 Å². The maximum Gasteiger partial charge on any atom is 0.0169 e. The molecule has 104 valence electrons. The van der Waals surface area contributed by atoms with Crippen LogP contribution in [0.4, 0.5) is 0 Å². The summed E-state index contributed by atoms with van der Waals surface area (Å²) in [5.74, 6) is 0. The van der Waals surface area contributed by atoms with E-state index in [1.807, 2.05) is 0 Å². The predicted molar refractivity (Wildman–Crippen MR) is 80.5 cm³/mol. The number of nitrogens with one attached hydrogen (secondary N) is 1. The normalized spacial score (nSPS) is 25.2. The summed E-state index contributed by atoms with van der Waals surface area (Å²) >= 11 is 0. The molecule has 0 spiro atoms. The molecule has 1 aromatic carbocycles. The lowest BCUT2D eigenvalue weighted by Crippen LogP contribution is -2.45. The molecule has 0 radical (unpaired) electrons. The lowest BCUT2D eigenvalue weighted by Gasteiger charge is -2.30. The van der Waals surface area contributed by atoms with Gasteiger partial charge in [-0.3, -0.25) is 0 Å². The van der Waals surface area contributed by atoms with E-state index in [1.54, 1.807) is 11.1 Å². The fourth-order valence-corrected chi connectivity index (χ4v) is 3.65. The van der Waals surface area contributed by atoms with Crippen LogP contribution in [0.25, 0.3) is 0 Å². The van der Waals surface area contributed by atoms with Gasteiger partial charge < -0.3 is 10.2 Å². The van der Waals surface area contributed by atoms with Crippen molar-refractivity contribution in [3.05, 3.63) is 35.4 Å². The maximum absolute atomic E-state index is 3.84. The largest absolute Gasteiger partial charge is 0.310 e. The average molecular weight is 258 g/mol. The minimum Gasteiger partial charge on any atom is -0.310 e. The third kappa shape index (κ3) is 3.37. The SMILES string of the molecule is CC(CN1CCCC1)NC1CCc2ccccc2C1. The van der Waals surface area contributed by atoms with Gasteiger partial charge in [-0.25, -0.2) is 0 Å². The topological polar surface area (TPSA) is 15.3 Å². The van der Waals surface area contributed by atoms with Crippen LogP contribution < -0.4 is 5.32 Å². The first-order chi connectivity index (χ1) is 9.31. The van der Waals surface area contributed by atoms with Gasteiger partial charge in [0.25, 0.3) is 0 Å². The van der Waals surface area contributed by atoms with E-state index in [0.29, 0.717) is 12.1 Å². The maximum atomic E-state index is 3.84. The van der Waals surface area contributed by atoms with Crippen molar-refractivity contribution in [2.75, 3.05) is 19.6 Å². The highest BCUT2D eigenvalue weighted by molar-refractivity contribution is 5.30. The van der Waals surface area contributed by atoms with E-state index in [-0.39, 0.29) is 0 Å².